The van der Waals surface area contributed by atoms with Crippen LogP contribution in [0.1, 0.15) is 15.9 Å². The number of aromatic hydroxyl groups is 1. The Labute approximate surface area is 98.4 Å². The predicted molar refractivity (Wildman–Crippen MR) is 61.0 cm³/mol. The van der Waals surface area contributed by atoms with Gasteiger partial charge in [0.15, 0.2) is 0 Å². The lowest BCUT2D eigenvalue weighted by Gasteiger charge is -2.15. The van der Waals surface area contributed by atoms with Gasteiger partial charge in [-0.25, -0.2) is 0 Å². The van der Waals surface area contributed by atoms with Crippen LogP contribution in [0.5, 0.6) is 5.75 Å². The van der Waals surface area contributed by atoms with E-state index in [1.165, 1.54) is 18.2 Å². The van der Waals surface area contributed by atoms with Crippen molar-refractivity contribution in [2.75, 3.05) is 0 Å². The zero-order valence-electron chi connectivity index (χ0n) is 7.32. The summed E-state index contributed by atoms with van der Waals surface area (Å²) in [6.45, 7) is 0. The molecule has 0 atom stereocenters. The Hall–Kier alpha value is -1.37. The first-order valence-corrected chi connectivity index (χ1v) is 5.12. The molecule has 0 heterocycles. The van der Waals surface area contributed by atoms with Gasteiger partial charge in [-0.3, -0.25) is 9.59 Å². The number of Topliss-reactive ketones (excluding diaryl/α,β-unsaturated/α-hetero) is 2. The van der Waals surface area contributed by atoms with Gasteiger partial charge in [0.05, 0.1) is 5.56 Å². The van der Waals surface area contributed by atoms with Crippen LogP contribution in [0.15, 0.2) is 21.8 Å². The molecule has 1 aromatic carbocycles. The molecule has 1 aliphatic rings. The van der Waals surface area contributed by atoms with Gasteiger partial charge in [0.2, 0.25) is 11.6 Å². The number of carbonyl (C=O) groups is 2. The fraction of sp³-hybridized carbons (Fsp3) is 0. The van der Waals surface area contributed by atoms with Crippen molar-refractivity contribution in [1.29, 1.82) is 0 Å². The minimum absolute atomic E-state index is 0.0338. The maximum atomic E-state index is 11.5. The van der Waals surface area contributed by atoms with E-state index in [1.807, 2.05) is 0 Å². The van der Waals surface area contributed by atoms with Gasteiger partial charge >= 0.3 is 0 Å². The Morgan fingerprint density at radius 1 is 1.07 bits per heavy atom. The van der Waals surface area contributed by atoms with Crippen molar-refractivity contribution >= 4 is 39.9 Å². The van der Waals surface area contributed by atoms with Gasteiger partial charge in [-0.05, 0) is 34.7 Å². The lowest BCUT2D eigenvalue weighted by Crippen LogP contribution is -2.21. The molecule has 4 nitrogen and oxygen atoms in total. The SMILES string of the molecule is O=C1C(=O)c2cccc(O)c2C(O)=C1I. The smallest absolute Gasteiger partial charge is 0.243 e. The second-order valence-corrected chi connectivity index (χ2v) is 4.10. The van der Waals surface area contributed by atoms with Gasteiger partial charge in [0, 0.05) is 5.56 Å². The summed E-state index contributed by atoms with van der Waals surface area (Å²) >= 11 is 1.59. The van der Waals surface area contributed by atoms with Crippen LogP contribution in [0, 0.1) is 0 Å². The number of hydrogen-bond donors (Lipinski definition) is 2. The molecular weight excluding hydrogens is 311 g/mol. The molecule has 0 spiro atoms. The molecule has 2 rings (SSSR count). The summed E-state index contributed by atoms with van der Waals surface area (Å²) in [7, 11) is 0. The third kappa shape index (κ3) is 1.34. The number of halogens is 1. The molecule has 1 aliphatic carbocycles. The van der Waals surface area contributed by atoms with Crippen LogP contribution in [0.2, 0.25) is 0 Å². The topological polar surface area (TPSA) is 74.6 Å². The van der Waals surface area contributed by atoms with Crippen LogP contribution in [-0.4, -0.2) is 21.8 Å². The number of phenolic OH excluding ortho intramolecular Hbond substituents is 1. The van der Waals surface area contributed by atoms with E-state index in [4.69, 9.17) is 0 Å². The summed E-state index contributed by atoms with van der Waals surface area (Å²) in [5.74, 6) is -2.00. The summed E-state index contributed by atoms with van der Waals surface area (Å²) in [4.78, 5) is 22.9. The van der Waals surface area contributed by atoms with Crippen molar-refractivity contribution in [3.8, 4) is 5.75 Å². The number of carbonyl (C=O) groups excluding carboxylic acids is 2. The zero-order chi connectivity index (χ0) is 11.2. The molecule has 15 heavy (non-hydrogen) atoms. The van der Waals surface area contributed by atoms with Crippen LogP contribution < -0.4 is 0 Å². The van der Waals surface area contributed by atoms with Gasteiger partial charge in [-0.1, -0.05) is 6.07 Å². The number of phenols is 1. The van der Waals surface area contributed by atoms with E-state index in [0.29, 0.717) is 0 Å². The van der Waals surface area contributed by atoms with Crippen molar-refractivity contribution in [2.45, 2.75) is 0 Å². The number of hydrogen-bond acceptors (Lipinski definition) is 4. The number of fused-ring (bicyclic) bond motifs is 1. The third-order valence-electron chi connectivity index (χ3n) is 2.14. The van der Waals surface area contributed by atoms with Crippen molar-refractivity contribution in [3.63, 3.8) is 0 Å². The van der Waals surface area contributed by atoms with Gasteiger partial charge in [-0.15, -0.1) is 0 Å². The van der Waals surface area contributed by atoms with Crippen LogP contribution in [-0.2, 0) is 4.79 Å². The maximum absolute atomic E-state index is 11.5. The molecule has 0 saturated carbocycles. The molecule has 76 valence electrons. The Bertz CT molecular complexity index is 516. The molecule has 0 bridgehead atoms. The number of aliphatic hydroxyl groups is 1. The molecule has 0 saturated heterocycles. The average molecular weight is 316 g/mol. The fourth-order valence-corrected chi connectivity index (χ4v) is 1.93. The van der Waals surface area contributed by atoms with Crippen LogP contribution in [0.25, 0.3) is 5.76 Å². The first-order chi connectivity index (χ1) is 7.04. The van der Waals surface area contributed by atoms with Crippen molar-refractivity contribution in [2.24, 2.45) is 0 Å². The lowest BCUT2D eigenvalue weighted by molar-refractivity contribution is -0.111. The predicted octanol–water partition coefficient (Wildman–Crippen LogP) is 1.82. The average Bonchev–Trinajstić information content (AvgIpc) is 2.23. The highest BCUT2D eigenvalue weighted by Crippen LogP contribution is 2.36. The summed E-state index contributed by atoms with van der Waals surface area (Å²) in [6, 6.07) is 4.20. The highest BCUT2D eigenvalue weighted by Gasteiger charge is 2.33. The minimum atomic E-state index is -0.744. The summed E-state index contributed by atoms with van der Waals surface area (Å²) in [5.41, 5.74) is 0.0735. The van der Waals surface area contributed by atoms with Gasteiger partial charge < -0.3 is 10.2 Å². The lowest BCUT2D eigenvalue weighted by atomic mass is 9.93. The first-order valence-electron chi connectivity index (χ1n) is 4.04. The number of ketones is 2. The minimum Gasteiger partial charge on any atom is -0.507 e. The molecule has 5 heteroatoms. The fourth-order valence-electron chi connectivity index (χ4n) is 1.42. The van der Waals surface area contributed by atoms with E-state index in [1.54, 1.807) is 22.6 Å². The van der Waals surface area contributed by atoms with E-state index in [2.05, 4.69) is 0 Å². The van der Waals surface area contributed by atoms with Gasteiger partial charge in [0.1, 0.15) is 15.1 Å². The standard InChI is InChI=1S/C10H5IO4/c11-7-9(14)6-4(8(13)10(7)15)2-1-3-5(6)12/h1-3,12,14H. The van der Waals surface area contributed by atoms with Crippen LogP contribution in [0.4, 0.5) is 0 Å². The Morgan fingerprint density at radius 2 is 1.73 bits per heavy atom. The molecular formula is C10H5IO4. The number of rotatable bonds is 0. The number of benzene rings is 1. The second-order valence-electron chi connectivity index (χ2n) is 3.02. The van der Waals surface area contributed by atoms with E-state index in [-0.39, 0.29) is 26.2 Å². The normalized spacial score (nSPS) is 15.5. The molecule has 0 amide bonds. The Balaban J connectivity index is 2.84. The van der Waals surface area contributed by atoms with Crippen LogP contribution in [0.3, 0.4) is 0 Å². The summed E-state index contributed by atoms with van der Waals surface area (Å²) in [5, 5.41) is 19.1. The van der Waals surface area contributed by atoms with Crippen LogP contribution >= 0.6 is 22.6 Å². The van der Waals surface area contributed by atoms with Gasteiger partial charge in [0.25, 0.3) is 0 Å². The highest BCUT2D eigenvalue weighted by atomic mass is 127. The highest BCUT2D eigenvalue weighted by molar-refractivity contribution is 14.1. The molecule has 2 N–H and O–H groups in total. The van der Waals surface area contributed by atoms with E-state index in [9.17, 15) is 19.8 Å². The van der Waals surface area contributed by atoms with Crippen molar-refractivity contribution < 1.29 is 19.8 Å². The monoisotopic (exact) mass is 316 g/mol. The van der Waals surface area contributed by atoms with E-state index in [0.717, 1.165) is 0 Å². The number of allylic oxidation sites excluding steroid dienone is 1. The van der Waals surface area contributed by atoms with E-state index < -0.39 is 11.6 Å². The van der Waals surface area contributed by atoms with Crippen molar-refractivity contribution in [3.05, 3.63) is 32.9 Å². The molecule has 0 fully saturated rings. The third-order valence-corrected chi connectivity index (χ3v) is 3.14. The molecule has 0 aromatic heterocycles. The Kier molecular flexibility index (Phi) is 2.26. The maximum Gasteiger partial charge on any atom is 0.243 e. The number of aliphatic hydroxyl groups excluding tert-OH is 1. The van der Waals surface area contributed by atoms with Crippen molar-refractivity contribution in [1.82, 2.24) is 0 Å². The zero-order valence-corrected chi connectivity index (χ0v) is 9.48. The molecule has 1 aromatic rings. The second kappa shape index (κ2) is 3.34. The largest absolute Gasteiger partial charge is 0.507 e. The molecule has 0 radical (unpaired) electrons. The first kappa shape index (κ1) is 10.2. The van der Waals surface area contributed by atoms with Gasteiger partial charge in [-0.2, -0.15) is 0 Å². The summed E-state index contributed by atoms with van der Waals surface area (Å²) < 4.78 is -0.0633. The summed E-state index contributed by atoms with van der Waals surface area (Å²) in [6.07, 6.45) is 0. The molecule has 0 aliphatic heterocycles. The Morgan fingerprint density at radius 3 is 2.40 bits per heavy atom. The quantitative estimate of drug-likeness (QED) is 0.565. The van der Waals surface area contributed by atoms with E-state index >= 15 is 0 Å². The molecule has 0 unspecified atom stereocenters.